The highest BCUT2D eigenvalue weighted by atomic mass is 32.1. The minimum atomic E-state index is 0.287. The van der Waals surface area contributed by atoms with Crippen molar-refractivity contribution in [1.29, 1.82) is 0 Å². The van der Waals surface area contributed by atoms with Crippen LogP contribution in [0.3, 0.4) is 0 Å². The molecule has 1 N–H and O–H groups in total. The van der Waals surface area contributed by atoms with E-state index in [1.54, 1.807) is 25.6 Å². The molecule has 1 aromatic heterocycles. The van der Waals surface area contributed by atoms with E-state index in [4.69, 9.17) is 9.47 Å². The van der Waals surface area contributed by atoms with Gasteiger partial charge in [0.2, 0.25) is 0 Å². The second kappa shape index (κ2) is 7.26. The van der Waals surface area contributed by atoms with Gasteiger partial charge in [-0.25, -0.2) is 4.98 Å². The first kappa shape index (κ1) is 14.8. The number of rotatable bonds is 7. The number of ether oxygens (including phenoxy) is 2. The quantitative estimate of drug-likeness (QED) is 0.852. The molecule has 1 heterocycles. The van der Waals surface area contributed by atoms with E-state index in [0.29, 0.717) is 0 Å². The van der Waals surface area contributed by atoms with Gasteiger partial charge in [0.25, 0.3) is 0 Å². The molecule has 0 aliphatic rings. The Morgan fingerprint density at radius 3 is 2.70 bits per heavy atom. The van der Waals surface area contributed by atoms with Gasteiger partial charge in [-0.1, -0.05) is 6.07 Å². The fourth-order valence-electron chi connectivity index (χ4n) is 2.00. The van der Waals surface area contributed by atoms with E-state index in [2.05, 4.69) is 23.3 Å². The summed E-state index contributed by atoms with van der Waals surface area (Å²) >= 11 is 1.68. The summed E-state index contributed by atoms with van der Waals surface area (Å²) in [5, 5.41) is 6.60. The van der Waals surface area contributed by atoms with Crippen molar-refractivity contribution < 1.29 is 9.47 Å². The van der Waals surface area contributed by atoms with Crippen molar-refractivity contribution in [3.05, 3.63) is 40.3 Å². The van der Waals surface area contributed by atoms with E-state index >= 15 is 0 Å². The van der Waals surface area contributed by atoms with Gasteiger partial charge in [-0.05, 0) is 37.6 Å². The third-order valence-corrected chi connectivity index (χ3v) is 4.09. The molecule has 0 saturated heterocycles. The summed E-state index contributed by atoms with van der Waals surface area (Å²) in [6.07, 6.45) is 2.78. The van der Waals surface area contributed by atoms with Gasteiger partial charge < -0.3 is 14.8 Å². The molecule has 0 bridgehead atoms. The normalized spacial score (nSPS) is 12.2. The Balaban J connectivity index is 1.88. The van der Waals surface area contributed by atoms with Crippen LogP contribution < -0.4 is 14.8 Å². The molecule has 0 amide bonds. The van der Waals surface area contributed by atoms with Crippen LogP contribution in [0, 0.1) is 0 Å². The zero-order valence-electron chi connectivity index (χ0n) is 12.1. The van der Waals surface area contributed by atoms with Crippen LogP contribution in [-0.4, -0.2) is 25.7 Å². The van der Waals surface area contributed by atoms with Crippen LogP contribution >= 0.6 is 11.3 Å². The molecular weight excluding hydrogens is 272 g/mol. The van der Waals surface area contributed by atoms with Gasteiger partial charge in [0.1, 0.15) is 5.01 Å². The molecule has 0 spiro atoms. The molecule has 2 rings (SSSR count). The smallest absolute Gasteiger partial charge is 0.160 e. The van der Waals surface area contributed by atoms with Crippen LogP contribution in [0.4, 0.5) is 0 Å². The minimum Gasteiger partial charge on any atom is -0.493 e. The fourth-order valence-corrected chi connectivity index (χ4v) is 2.68. The van der Waals surface area contributed by atoms with Crippen molar-refractivity contribution in [3.63, 3.8) is 0 Å². The lowest BCUT2D eigenvalue weighted by atomic mass is 10.1. The Labute approximate surface area is 123 Å². The lowest BCUT2D eigenvalue weighted by Crippen LogP contribution is -2.21. The monoisotopic (exact) mass is 292 g/mol. The number of methoxy groups -OCH3 is 2. The topological polar surface area (TPSA) is 43.4 Å². The van der Waals surface area contributed by atoms with Crippen LogP contribution in [0.15, 0.2) is 29.8 Å². The fraction of sp³-hybridized carbons (Fsp3) is 0.400. The van der Waals surface area contributed by atoms with Crippen LogP contribution in [0.1, 0.15) is 23.5 Å². The number of hydrogen-bond donors (Lipinski definition) is 1. The van der Waals surface area contributed by atoms with Gasteiger partial charge in [0.05, 0.1) is 20.3 Å². The van der Waals surface area contributed by atoms with Gasteiger partial charge in [-0.3, -0.25) is 0 Å². The van der Waals surface area contributed by atoms with Gasteiger partial charge in [0, 0.05) is 11.6 Å². The summed E-state index contributed by atoms with van der Waals surface area (Å²) in [5.74, 6) is 1.54. The van der Waals surface area contributed by atoms with Crippen molar-refractivity contribution in [1.82, 2.24) is 10.3 Å². The molecule has 0 saturated carbocycles. The van der Waals surface area contributed by atoms with E-state index < -0.39 is 0 Å². The second-order valence-electron chi connectivity index (χ2n) is 4.49. The van der Waals surface area contributed by atoms with E-state index in [1.807, 2.05) is 23.7 Å². The average Bonchev–Trinajstić information content (AvgIpc) is 3.01. The van der Waals surface area contributed by atoms with Gasteiger partial charge in [0.15, 0.2) is 11.5 Å². The zero-order chi connectivity index (χ0) is 14.4. The number of nitrogens with zero attached hydrogens (tertiary/aromatic N) is 1. The molecular formula is C15H20N2O2S. The molecule has 0 radical (unpaired) electrons. The van der Waals surface area contributed by atoms with Crippen LogP contribution in [-0.2, 0) is 6.42 Å². The van der Waals surface area contributed by atoms with Crippen molar-refractivity contribution >= 4 is 11.3 Å². The molecule has 0 aliphatic heterocycles. The lowest BCUT2D eigenvalue weighted by Gasteiger charge is -2.12. The van der Waals surface area contributed by atoms with Crippen LogP contribution in [0.25, 0.3) is 0 Å². The zero-order valence-corrected chi connectivity index (χ0v) is 12.9. The average molecular weight is 292 g/mol. The summed E-state index contributed by atoms with van der Waals surface area (Å²) in [4.78, 5) is 4.31. The first-order valence-corrected chi connectivity index (χ1v) is 7.46. The molecule has 0 unspecified atom stereocenters. The Morgan fingerprint density at radius 2 is 2.05 bits per heavy atom. The molecule has 2 aromatic rings. The van der Waals surface area contributed by atoms with Gasteiger partial charge in [-0.15, -0.1) is 11.3 Å². The van der Waals surface area contributed by atoms with E-state index in [9.17, 15) is 0 Å². The first-order chi connectivity index (χ1) is 9.74. The Bertz CT molecular complexity index is 529. The predicted molar refractivity (Wildman–Crippen MR) is 81.8 cm³/mol. The van der Waals surface area contributed by atoms with Gasteiger partial charge in [-0.2, -0.15) is 0 Å². The lowest BCUT2D eigenvalue weighted by molar-refractivity contribution is 0.354. The third-order valence-electron chi connectivity index (χ3n) is 3.13. The molecule has 0 fully saturated rings. The Kier molecular flexibility index (Phi) is 5.38. The molecule has 5 heteroatoms. The van der Waals surface area contributed by atoms with E-state index in [-0.39, 0.29) is 6.04 Å². The second-order valence-corrected chi connectivity index (χ2v) is 5.41. The summed E-state index contributed by atoms with van der Waals surface area (Å²) in [7, 11) is 3.30. The summed E-state index contributed by atoms with van der Waals surface area (Å²) < 4.78 is 10.5. The number of hydrogen-bond acceptors (Lipinski definition) is 5. The number of nitrogens with one attached hydrogen (secondary N) is 1. The summed E-state index contributed by atoms with van der Waals surface area (Å²) in [6.45, 7) is 3.03. The molecule has 0 aliphatic carbocycles. The first-order valence-electron chi connectivity index (χ1n) is 6.58. The molecule has 4 nitrogen and oxygen atoms in total. The third kappa shape index (κ3) is 3.71. The Morgan fingerprint density at radius 1 is 1.25 bits per heavy atom. The number of benzene rings is 1. The van der Waals surface area contributed by atoms with Crippen molar-refractivity contribution in [2.75, 3.05) is 20.8 Å². The summed E-state index contributed by atoms with van der Waals surface area (Å²) in [5.41, 5.74) is 1.22. The molecule has 1 aromatic carbocycles. The highest BCUT2D eigenvalue weighted by Gasteiger charge is 2.08. The molecule has 1 atom stereocenters. The standard InChI is InChI=1S/C15H20N2O2S/c1-11(15-17-8-9-20-15)16-7-6-12-4-5-13(18-2)14(10-12)19-3/h4-5,8-11,16H,6-7H2,1-3H3/t11-/m1/s1. The van der Waals surface area contributed by atoms with E-state index in [0.717, 1.165) is 29.5 Å². The van der Waals surface area contributed by atoms with Crippen molar-refractivity contribution in [3.8, 4) is 11.5 Å². The predicted octanol–water partition coefficient (Wildman–Crippen LogP) is 3.05. The maximum Gasteiger partial charge on any atom is 0.160 e. The molecule has 108 valence electrons. The maximum absolute atomic E-state index is 5.31. The van der Waals surface area contributed by atoms with Crippen molar-refractivity contribution in [2.45, 2.75) is 19.4 Å². The van der Waals surface area contributed by atoms with E-state index in [1.165, 1.54) is 5.56 Å². The van der Waals surface area contributed by atoms with Crippen LogP contribution in [0.5, 0.6) is 11.5 Å². The molecule has 20 heavy (non-hydrogen) atoms. The Hall–Kier alpha value is -1.59. The summed E-state index contributed by atoms with van der Waals surface area (Å²) in [6, 6.07) is 6.32. The largest absolute Gasteiger partial charge is 0.493 e. The van der Waals surface area contributed by atoms with Crippen molar-refractivity contribution in [2.24, 2.45) is 0 Å². The van der Waals surface area contributed by atoms with Crippen LogP contribution in [0.2, 0.25) is 0 Å². The highest BCUT2D eigenvalue weighted by molar-refractivity contribution is 7.09. The number of thiazole rings is 1. The van der Waals surface area contributed by atoms with Gasteiger partial charge >= 0.3 is 0 Å². The highest BCUT2D eigenvalue weighted by Crippen LogP contribution is 2.27. The minimum absolute atomic E-state index is 0.287. The number of aromatic nitrogens is 1. The SMILES string of the molecule is COc1ccc(CCN[C@H](C)c2nccs2)cc1OC. The maximum atomic E-state index is 5.31.